The van der Waals surface area contributed by atoms with Crippen LogP contribution in [-0.2, 0) is 0 Å². The molecule has 2 N–H and O–H groups in total. The lowest BCUT2D eigenvalue weighted by molar-refractivity contribution is 0.326. The number of aliphatic imine (C=N–C) groups is 1. The topological polar surface area (TPSA) is 41.6 Å². The van der Waals surface area contributed by atoms with Crippen LogP contribution in [0.2, 0.25) is 0 Å². The fraction of sp³-hybridized carbons (Fsp3) is 0.750. The largest absolute Gasteiger partial charge is 0.295 e. The first-order valence-electron chi connectivity index (χ1n) is 2.37. The first-order chi connectivity index (χ1) is 3.39. The Morgan fingerprint density at radius 1 is 1.71 bits per heavy atom. The Morgan fingerprint density at radius 3 is 2.86 bits per heavy atom. The summed E-state index contributed by atoms with van der Waals surface area (Å²) < 4.78 is 0. The second-order valence-electron chi connectivity index (χ2n) is 1.58. The molecule has 1 heterocycles. The molecule has 0 saturated heterocycles. The van der Waals surface area contributed by atoms with Gasteiger partial charge in [-0.1, -0.05) is 0 Å². The molecule has 0 amide bonds. The van der Waals surface area contributed by atoms with E-state index in [0.29, 0.717) is 0 Å². The van der Waals surface area contributed by atoms with Crippen molar-refractivity contribution in [1.29, 1.82) is 0 Å². The minimum atomic E-state index is 0.806. The zero-order valence-electron chi connectivity index (χ0n) is 4.17. The smallest absolute Gasteiger partial charge is 0.0527 e. The van der Waals surface area contributed by atoms with Gasteiger partial charge in [-0.15, -0.1) is 0 Å². The van der Waals surface area contributed by atoms with Crippen molar-refractivity contribution >= 4 is 6.21 Å². The fourth-order valence-corrected chi connectivity index (χ4v) is 0.531. The predicted octanol–water partition coefficient (Wildman–Crippen LogP) is -0.754. The first kappa shape index (κ1) is 4.74. The van der Waals surface area contributed by atoms with Gasteiger partial charge in [0.15, 0.2) is 0 Å². The van der Waals surface area contributed by atoms with Crippen LogP contribution >= 0.6 is 0 Å². The van der Waals surface area contributed by atoms with Gasteiger partial charge in [0.05, 0.1) is 6.54 Å². The monoisotopic (exact) mass is 99.1 g/mol. The highest BCUT2D eigenvalue weighted by molar-refractivity contribution is 5.60. The van der Waals surface area contributed by atoms with E-state index in [4.69, 9.17) is 5.84 Å². The average molecular weight is 99.1 g/mol. The summed E-state index contributed by atoms with van der Waals surface area (Å²) in [7, 11) is 0. The van der Waals surface area contributed by atoms with Gasteiger partial charge in [-0.05, 0) is 0 Å². The van der Waals surface area contributed by atoms with Crippen molar-refractivity contribution in [3.8, 4) is 0 Å². The van der Waals surface area contributed by atoms with Crippen molar-refractivity contribution in [3.63, 3.8) is 0 Å². The molecule has 0 bridgehead atoms. The third kappa shape index (κ3) is 1.25. The third-order valence-corrected chi connectivity index (χ3v) is 0.962. The summed E-state index contributed by atoms with van der Waals surface area (Å²) in [5.41, 5.74) is 0. The van der Waals surface area contributed by atoms with Crippen LogP contribution in [0.25, 0.3) is 0 Å². The Morgan fingerprint density at radius 2 is 2.57 bits per heavy atom. The average Bonchev–Trinajstić information content (AvgIpc) is 1.69. The molecule has 1 aliphatic heterocycles. The molecule has 0 radical (unpaired) electrons. The number of rotatable bonds is 0. The van der Waals surface area contributed by atoms with E-state index in [9.17, 15) is 0 Å². The summed E-state index contributed by atoms with van der Waals surface area (Å²) in [5, 5.41) is 1.74. The first-order valence-corrected chi connectivity index (χ1v) is 2.37. The van der Waals surface area contributed by atoms with Crippen LogP contribution < -0.4 is 5.84 Å². The lowest BCUT2D eigenvalue weighted by atomic mass is 10.5. The third-order valence-electron chi connectivity index (χ3n) is 0.962. The van der Waals surface area contributed by atoms with Crippen molar-refractivity contribution in [2.75, 3.05) is 19.6 Å². The normalized spacial score (nSPS) is 23.0. The van der Waals surface area contributed by atoms with Crippen LogP contribution in [0.3, 0.4) is 0 Å². The van der Waals surface area contributed by atoms with Gasteiger partial charge in [0, 0.05) is 19.3 Å². The van der Waals surface area contributed by atoms with Gasteiger partial charge < -0.3 is 0 Å². The molecule has 0 saturated carbocycles. The maximum absolute atomic E-state index is 5.38. The molecular weight excluding hydrogens is 90.1 g/mol. The molecule has 0 spiro atoms. The van der Waals surface area contributed by atoms with Gasteiger partial charge in [-0.25, -0.2) is 5.01 Å². The molecule has 0 unspecified atom stereocenters. The number of hydrogen-bond donors (Lipinski definition) is 1. The molecule has 3 nitrogen and oxygen atoms in total. The Labute approximate surface area is 42.8 Å². The SMILES string of the molecule is NN1CC=NCC1. The van der Waals surface area contributed by atoms with E-state index in [1.807, 2.05) is 6.21 Å². The molecule has 1 rings (SSSR count). The van der Waals surface area contributed by atoms with E-state index in [-0.39, 0.29) is 0 Å². The summed E-state index contributed by atoms with van der Waals surface area (Å²) in [6.45, 7) is 2.56. The number of nitrogens with zero attached hydrogens (tertiary/aromatic N) is 2. The summed E-state index contributed by atoms with van der Waals surface area (Å²) in [6.07, 6.45) is 1.84. The highest BCUT2D eigenvalue weighted by Gasteiger charge is 1.97. The second-order valence-corrected chi connectivity index (χ2v) is 1.58. The van der Waals surface area contributed by atoms with Gasteiger partial charge in [0.25, 0.3) is 0 Å². The van der Waals surface area contributed by atoms with Crippen molar-refractivity contribution in [2.24, 2.45) is 10.8 Å². The Balaban J connectivity index is 2.32. The molecule has 0 atom stereocenters. The van der Waals surface area contributed by atoms with Gasteiger partial charge in [0.2, 0.25) is 0 Å². The highest BCUT2D eigenvalue weighted by atomic mass is 15.4. The van der Waals surface area contributed by atoms with Crippen LogP contribution in [0.15, 0.2) is 4.99 Å². The number of hydrazine groups is 1. The quantitative estimate of drug-likeness (QED) is 0.406. The predicted molar refractivity (Wildman–Crippen MR) is 29.1 cm³/mol. The number of nitrogens with two attached hydrogens (primary N) is 1. The Kier molecular flexibility index (Phi) is 1.38. The highest BCUT2D eigenvalue weighted by Crippen LogP contribution is 1.81. The van der Waals surface area contributed by atoms with Crippen LogP contribution in [-0.4, -0.2) is 30.9 Å². The molecule has 40 valence electrons. The van der Waals surface area contributed by atoms with E-state index in [1.165, 1.54) is 0 Å². The lowest BCUT2D eigenvalue weighted by Gasteiger charge is -2.14. The summed E-state index contributed by atoms with van der Waals surface area (Å²) in [4.78, 5) is 3.98. The summed E-state index contributed by atoms with van der Waals surface area (Å²) in [5.74, 6) is 5.38. The lowest BCUT2D eigenvalue weighted by Crippen LogP contribution is -2.37. The van der Waals surface area contributed by atoms with Crippen molar-refractivity contribution in [2.45, 2.75) is 0 Å². The number of hydrogen-bond acceptors (Lipinski definition) is 3. The van der Waals surface area contributed by atoms with Crippen LogP contribution in [0.1, 0.15) is 0 Å². The standard InChI is InChI=1S/C4H9N3/c5-7-3-1-6-2-4-7/h1H,2-5H2. The van der Waals surface area contributed by atoms with Crippen molar-refractivity contribution in [1.82, 2.24) is 5.01 Å². The van der Waals surface area contributed by atoms with Gasteiger partial charge in [0.1, 0.15) is 0 Å². The van der Waals surface area contributed by atoms with E-state index in [2.05, 4.69) is 4.99 Å². The van der Waals surface area contributed by atoms with E-state index in [1.54, 1.807) is 5.01 Å². The molecule has 0 aliphatic carbocycles. The van der Waals surface area contributed by atoms with E-state index in [0.717, 1.165) is 19.6 Å². The van der Waals surface area contributed by atoms with Crippen molar-refractivity contribution < 1.29 is 0 Å². The van der Waals surface area contributed by atoms with Crippen molar-refractivity contribution in [3.05, 3.63) is 0 Å². The minimum absolute atomic E-state index is 0.806. The maximum Gasteiger partial charge on any atom is 0.0527 e. The molecule has 0 aromatic carbocycles. The van der Waals surface area contributed by atoms with Gasteiger partial charge in [-0.2, -0.15) is 0 Å². The maximum atomic E-state index is 5.38. The Bertz CT molecular complexity index is 79.0. The molecular formula is C4H9N3. The van der Waals surface area contributed by atoms with E-state index >= 15 is 0 Å². The molecule has 1 aliphatic rings. The van der Waals surface area contributed by atoms with Crippen LogP contribution in [0.4, 0.5) is 0 Å². The van der Waals surface area contributed by atoms with Crippen LogP contribution in [0.5, 0.6) is 0 Å². The summed E-state index contributed by atoms with van der Waals surface area (Å²) in [6, 6.07) is 0. The Hall–Kier alpha value is -0.410. The van der Waals surface area contributed by atoms with Gasteiger partial charge >= 0.3 is 0 Å². The molecule has 0 fully saturated rings. The fourth-order valence-electron chi connectivity index (χ4n) is 0.531. The zero-order chi connectivity index (χ0) is 5.11. The summed E-state index contributed by atoms with van der Waals surface area (Å²) >= 11 is 0. The van der Waals surface area contributed by atoms with Gasteiger partial charge in [-0.3, -0.25) is 10.8 Å². The van der Waals surface area contributed by atoms with Crippen LogP contribution in [0, 0.1) is 0 Å². The molecule has 7 heavy (non-hydrogen) atoms. The molecule has 3 heteroatoms. The van der Waals surface area contributed by atoms with E-state index < -0.39 is 0 Å². The minimum Gasteiger partial charge on any atom is -0.295 e. The zero-order valence-corrected chi connectivity index (χ0v) is 4.17. The second kappa shape index (κ2) is 2.04. The molecule has 0 aromatic heterocycles. The molecule has 0 aromatic rings.